The SMILES string of the molecule is CC(C)OCC(N)c1noc(-c2ccc3c(c2)CCC3)n1. The van der Waals surface area contributed by atoms with Gasteiger partial charge < -0.3 is 15.0 Å². The molecule has 0 radical (unpaired) electrons. The Morgan fingerprint density at radius 2 is 2.10 bits per heavy atom. The maximum atomic E-state index is 6.01. The fourth-order valence-electron chi connectivity index (χ4n) is 2.58. The second kappa shape index (κ2) is 5.95. The molecule has 0 spiro atoms. The molecule has 1 aromatic heterocycles. The summed E-state index contributed by atoms with van der Waals surface area (Å²) in [6.45, 7) is 4.33. The van der Waals surface area contributed by atoms with Crippen molar-refractivity contribution < 1.29 is 9.26 Å². The molecule has 0 amide bonds. The van der Waals surface area contributed by atoms with Crippen LogP contribution in [-0.4, -0.2) is 22.9 Å². The molecule has 1 aromatic carbocycles. The van der Waals surface area contributed by atoms with Gasteiger partial charge in [0.1, 0.15) is 0 Å². The average Bonchev–Trinajstić information content (AvgIpc) is 3.12. The Hall–Kier alpha value is -1.72. The van der Waals surface area contributed by atoms with Gasteiger partial charge in [0.25, 0.3) is 5.89 Å². The van der Waals surface area contributed by atoms with Crippen LogP contribution in [0.25, 0.3) is 11.5 Å². The molecule has 5 heteroatoms. The lowest BCUT2D eigenvalue weighted by Crippen LogP contribution is -2.20. The number of hydrogen-bond donors (Lipinski definition) is 1. The molecule has 1 unspecified atom stereocenters. The number of hydrogen-bond acceptors (Lipinski definition) is 5. The molecule has 1 atom stereocenters. The molecule has 2 aromatic rings. The van der Waals surface area contributed by atoms with Crippen LogP contribution < -0.4 is 5.73 Å². The van der Waals surface area contributed by atoms with E-state index in [1.54, 1.807) is 0 Å². The lowest BCUT2D eigenvalue weighted by atomic mass is 10.1. The van der Waals surface area contributed by atoms with Gasteiger partial charge in [0.2, 0.25) is 0 Å². The normalized spacial score (nSPS) is 15.4. The van der Waals surface area contributed by atoms with Crippen LogP contribution in [0.2, 0.25) is 0 Å². The fraction of sp³-hybridized carbons (Fsp3) is 0.500. The number of nitrogens with two attached hydrogens (primary N) is 1. The van der Waals surface area contributed by atoms with Crippen molar-refractivity contribution in [3.8, 4) is 11.5 Å². The van der Waals surface area contributed by atoms with E-state index in [-0.39, 0.29) is 12.1 Å². The highest BCUT2D eigenvalue weighted by atomic mass is 16.5. The predicted molar refractivity (Wildman–Crippen MR) is 79.8 cm³/mol. The summed E-state index contributed by atoms with van der Waals surface area (Å²) in [5.41, 5.74) is 9.80. The molecule has 5 nitrogen and oxygen atoms in total. The number of ether oxygens (including phenoxy) is 1. The van der Waals surface area contributed by atoms with Gasteiger partial charge in [-0.3, -0.25) is 0 Å². The summed E-state index contributed by atoms with van der Waals surface area (Å²) in [5.74, 6) is 1.02. The van der Waals surface area contributed by atoms with Gasteiger partial charge in [-0.25, -0.2) is 0 Å². The molecule has 0 aliphatic heterocycles. The highest BCUT2D eigenvalue weighted by Gasteiger charge is 2.18. The maximum Gasteiger partial charge on any atom is 0.257 e. The molecular formula is C16H21N3O2. The molecule has 1 heterocycles. The van der Waals surface area contributed by atoms with Gasteiger partial charge in [-0.05, 0) is 56.4 Å². The average molecular weight is 287 g/mol. The van der Waals surface area contributed by atoms with Crippen LogP contribution in [0, 0.1) is 0 Å². The highest BCUT2D eigenvalue weighted by Crippen LogP contribution is 2.27. The van der Waals surface area contributed by atoms with E-state index in [1.807, 2.05) is 19.9 Å². The summed E-state index contributed by atoms with van der Waals surface area (Å²) >= 11 is 0. The van der Waals surface area contributed by atoms with Crippen LogP contribution in [0.4, 0.5) is 0 Å². The molecule has 1 aliphatic rings. The zero-order chi connectivity index (χ0) is 14.8. The van der Waals surface area contributed by atoms with Crippen LogP contribution in [0.1, 0.15) is 43.3 Å². The highest BCUT2D eigenvalue weighted by molar-refractivity contribution is 5.56. The zero-order valence-electron chi connectivity index (χ0n) is 12.5. The molecule has 0 saturated carbocycles. The van der Waals surface area contributed by atoms with Gasteiger partial charge in [0, 0.05) is 5.56 Å². The summed E-state index contributed by atoms with van der Waals surface area (Å²) in [7, 11) is 0. The van der Waals surface area contributed by atoms with E-state index in [2.05, 4.69) is 22.3 Å². The second-order valence-electron chi connectivity index (χ2n) is 5.78. The molecule has 21 heavy (non-hydrogen) atoms. The number of nitrogens with zero attached hydrogens (tertiary/aromatic N) is 2. The summed E-state index contributed by atoms with van der Waals surface area (Å²) in [4.78, 5) is 4.40. The molecule has 0 saturated heterocycles. The van der Waals surface area contributed by atoms with E-state index in [4.69, 9.17) is 15.0 Å². The van der Waals surface area contributed by atoms with Crippen molar-refractivity contribution in [3.05, 3.63) is 35.2 Å². The van der Waals surface area contributed by atoms with E-state index in [1.165, 1.54) is 24.0 Å². The summed E-state index contributed by atoms with van der Waals surface area (Å²) < 4.78 is 10.8. The predicted octanol–water partition coefficient (Wildman–Crippen LogP) is 2.65. The Balaban J connectivity index is 1.75. The standard InChI is InChI=1S/C16H21N3O2/c1-10(2)20-9-14(17)15-18-16(21-19-15)13-7-6-11-4-3-5-12(11)8-13/h6-8,10,14H,3-5,9,17H2,1-2H3. The smallest absolute Gasteiger partial charge is 0.257 e. The summed E-state index contributed by atoms with van der Waals surface area (Å²) in [6, 6.07) is 5.98. The summed E-state index contributed by atoms with van der Waals surface area (Å²) in [5, 5.41) is 3.97. The Morgan fingerprint density at radius 3 is 2.90 bits per heavy atom. The monoisotopic (exact) mass is 287 g/mol. The van der Waals surface area contributed by atoms with Gasteiger partial charge in [-0.2, -0.15) is 4.98 Å². The first-order chi connectivity index (χ1) is 10.1. The molecule has 112 valence electrons. The van der Waals surface area contributed by atoms with E-state index in [9.17, 15) is 0 Å². The molecule has 2 N–H and O–H groups in total. The first-order valence-electron chi connectivity index (χ1n) is 7.46. The Labute approximate surface area is 124 Å². The first-order valence-corrected chi connectivity index (χ1v) is 7.46. The van der Waals surface area contributed by atoms with Gasteiger partial charge in [-0.15, -0.1) is 0 Å². The Morgan fingerprint density at radius 1 is 1.29 bits per heavy atom. The van der Waals surface area contributed by atoms with Gasteiger partial charge in [0.05, 0.1) is 18.8 Å². The first kappa shape index (κ1) is 14.2. The van der Waals surface area contributed by atoms with E-state index < -0.39 is 0 Å². The molecule has 1 aliphatic carbocycles. The Bertz CT molecular complexity index is 622. The van der Waals surface area contributed by atoms with Crippen LogP contribution in [-0.2, 0) is 17.6 Å². The quantitative estimate of drug-likeness (QED) is 0.915. The zero-order valence-corrected chi connectivity index (χ0v) is 12.5. The van der Waals surface area contributed by atoms with Crippen LogP contribution in [0.5, 0.6) is 0 Å². The van der Waals surface area contributed by atoms with E-state index in [0.717, 1.165) is 12.0 Å². The topological polar surface area (TPSA) is 74.2 Å². The maximum absolute atomic E-state index is 6.01. The number of aromatic nitrogens is 2. The second-order valence-corrected chi connectivity index (χ2v) is 5.78. The molecule has 0 fully saturated rings. The number of benzene rings is 1. The van der Waals surface area contributed by atoms with Crippen molar-refractivity contribution in [2.45, 2.75) is 45.3 Å². The van der Waals surface area contributed by atoms with Gasteiger partial charge in [0.15, 0.2) is 5.82 Å². The Kier molecular flexibility index (Phi) is 4.03. The van der Waals surface area contributed by atoms with Crippen LogP contribution >= 0.6 is 0 Å². The molecular weight excluding hydrogens is 266 g/mol. The van der Waals surface area contributed by atoms with Gasteiger partial charge >= 0.3 is 0 Å². The molecule has 3 rings (SSSR count). The molecule has 0 bridgehead atoms. The lowest BCUT2D eigenvalue weighted by Gasteiger charge is -2.10. The van der Waals surface area contributed by atoms with Crippen molar-refractivity contribution in [2.75, 3.05) is 6.61 Å². The minimum atomic E-state index is -0.362. The number of aryl methyl sites for hydroxylation is 2. The summed E-state index contributed by atoms with van der Waals surface area (Å²) in [6.07, 6.45) is 3.67. The van der Waals surface area contributed by atoms with Crippen molar-refractivity contribution in [3.63, 3.8) is 0 Å². The third kappa shape index (κ3) is 3.14. The van der Waals surface area contributed by atoms with Crippen molar-refractivity contribution in [2.24, 2.45) is 5.73 Å². The minimum Gasteiger partial charge on any atom is -0.377 e. The van der Waals surface area contributed by atoms with Crippen molar-refractivity contribution in [1.82, 2.24) is 10.1 Å². The third-order valence-corrected chi connectivity index (χ3v) is 3.73. The number of rotatable bonds is 5. The number of fused-ring (bicyclic) bond motifs is 1. The van der Waals surface area contributed by atoms with Crippen molar-refractivity contribution >= 4 is 0 Å². The third-order valence-electron chi connectivity index (χ3n) is 3.73. The lowest BCUT2D eigenvalue weighted by molar-refractivity contribution is 0.0665. The van der Waals surface area contributed by atoms with Crippen molar-refractivity contribution in [1.29, 1.82) is 0 Å². The fourth-order valence-corrected chi connectivity index (χ4v) is 2.58. The van der Waals surface area contributed by atoms with Crippen LogP contribution in [0.15, 0.2) is 22.7 Å². The van der Waals surface area contributed by atoms with Crippen LogP contribution in [0.3, 0.4) is 0 Å². The minimum absolute atomic E-state index is 0.138. The largest absolute Gasteiger partial charge is 0.377 e. The van der Waals surface area contributed by atoms with E-state index in [0.29, 0.717) is 18.3 Å². The van der Waals surface area contributed by atoms with E-state index >= 15 is 0 Å². The van der Waals surface area contributed by atoms with Gasteiger partial charge in [-0.1, -0.05) is 11.2 Å².